The van der Waals surface area contributed by atoms with Crippen molar-refractivity contribution in [3.63, 3.8) is 0 Å². The lowest BCUT2D eigenvalue weighted by atomic mass is 9.77. The number of carbonyl (C=O) groups excluding carboxylic acids is 1. The van der Waals surface area contributed by atoms with E-state index >= 15 is 0 Å². The second-order valence-electron chi connectivity index (χ2n) is 9.56. The zero-order valence-corrected chi connectivity index (χ0v) is 17.6. The van der Waals surface area contributed by atoms with Gasteiger partial charge in [-0.3, -0.25) is 0 Å². The first-order valence-corrected chi connectivity index (χ1v) is 10.5. The van der Waals surface area contributed by atoms with E-state index in [9.17, 15) is 4.79 Å². The third-order valence-electron chi connectivity index (χ3n) is 6.71. The van der Waals surface area contributed by atoms with E-state index in [4.69, 9.17) is 19.5 Å². The Morgan fingerprint density at radius 2 is 1.66 bits per heavy atom. The molecule has 1 atom stereocenters. The molecule has 2 spiro atoms. The molecule has 0 N–H and O–H groups in total. The second kappa shape index (κ2) is 7.30. The van der Waals surface area contributed by atoms with Crippen molar-refractivity contribution in [3.8, 4) is 6.07 Å². The van der Waals surface area contributed by atoms with Crippen LogP contribution in [0.5, 0.6) is 0 Å². The molecule has 2 saturated heterocycles. The highest BCUT2D eigenvalue weighted by atomic mass is 16.7. The smallest absolute Gasteiger partial charge is 0.410 e. The van der Waals surface area contributed by atoms with Gasteiger partial charge in [-0.1, -0.05) is 26.0 Å². The van der Waals surface area contributed by atoms with Crippen molar-refractivity contribution in [2.75, 3.05) is 19.8 Å². The Balaban J connectivity index is 1.37. The molecule has 1 aromatic carbocycles. The summed E-state index contributed by atoms with van der Waals surface area (Å²) in [5.41, 5.74) is 1.28. The van der Waals surface area contributed by atoms with Crippen LogP contribution < -0.4 is 0 Å². The Hall–Kier alpha value is -2.10. The average Bonchev–Trinajstić information content (AvgIpc) is 2.72. The largest absolute Gasteiger partial charge is 0.443 e. The molecule has 3 fully saturated rings. The van der Waals surface area contributed by atoms with Crippen LogP contribution in [0.15, 0.2) is 24.3 Å². The molecule has 1 unspecified atom stereocenters. The van der Waals surface area contributed by atoms with E-state index in [1.54, 1.807) is 17.0 Å². The first kappa shape index (κ1) is 20.2. The van der Waals surface area contributed by atoms with Crippen LogP contribution in [0, 0.1) is 16.7 Å². The summed E-state index contributed by atoms with van der Waals surface area (Å²) in [5.74, 6) is -0.500. The number of ether oxygens (including phenoxy) is 3. The lowest BCUT2D eigenvalue weighted by molar-refractivity contribution is -0.320. The minimum Gasteiger partial charge on any atom is -0.443 e. The zero-order valence-electron chi connectivity index (χ0n) is 17.6. The summed E-state index contributed by atoms with van der Waals surface area (Å²) in [6.45, 7) is 8.38. The average molecular weight is 399 g/mol. The Kier molecular flexibility index (Phi) is 5.08. The third kappa shape index (κ3) is 3.99. The van der Waals surface area contributed by atoms with Crippen LogP contribution in [0.3, 0.4) is 0 Å². The molecule has 0 radical (unpaired) electrons. The van der Waals surface area contributed by atoms with Gasteiger partial charge in [-0.05, 0) is 37.5 Å². The molecule has 6 heteroatoms. The standard InChI is InChI=1S/C23H30N2O4/c1-17(19-6-4-18(14-24)5-7-19)25-13-12-22(29-20(25)26)8-10-23(11-9-22)27-15-21(2,3)16-28-23/h4-7,17H,8-13,15-16H2,1-3H3. The molecule has 3 aliphatic rings. The van der Waals surface area contributed by atoms with Crippen molar-refractivity contribution in [1.82, 2.24) is 4.90 Å². The molecule has 29 heavy (non-hydrogen) atoms. The first-order valence-electron chi connectivity index (χ1n) is 10.5. The van der Waals surface area contributed by atoms with Gasteiger partial charge in [0.2, 0.25) is 0 Å². The van der Waals surface area contributed by atoms with Crippen molar-refractivity contribution in [2.45, 2.75) is 70.3 Å². The molecule has 2 aliphatic heterocycles. The van der Waals surface area contributed by atoms with Crippen molar-refractivity contribution >= 4 is 6.09 Å². The summed E-state index contributed by atoms with van der Waals surface area (Å²) in [4.78, 5) is 14.6. The van der Waals surface area contributed by atoms with E-state index in [0.717, 1.165) is 37.7 Å². The van der Waals surface area contributed by atoms with Crippen LogP contribution in [0.2, 0.25) is 0 Å². The fourth-order valence-electron chi connectivity index (χ4n) is 4.54. The summed E-state index contributed by atoms with van der Waals surface area (Å²) < 4.78 is 18.3. The van der Waals surface area contributed by atoms with Crippen molar-refractivity contribution in [1.29, 1.82) is 5.26 Å². The maximum absolute atomic E-state index is 12.8. The van der Waals surface area contributed by atoms with E-state index in [2.05, 4.69) is 19.9 Å². The molecule has 2 heterocycles. The normalized spacial score (nSPS) is 26.0. The molecule has 0 aromatic heterocycles. The van der Waals surface area contributed by atoms with Gasteiger partial charge in [-0.2, -0.15) is 5.26 Å². The van der Waals surface area contributed by atoms with Crippen molar-refractivity contribution in [3.05, 3.63) is 35.4 Å². The summed E-state index contributed by atoms with van der Waals surface area (Å²) in [5, 5.41) is 8.96. The van der Waals surface area contributed by atoms with E-state index in [1.165, 1.54) is 0 Å². The minimum absolute atomic E-state index is 0.0553. The lowest BCUT2D eigenvalue weighted by Gasteiger charge is -2.51. The predicted molar refractivity (Wildman–Crippen MR) is 107 cm³/mol. The summed E-state index contributed by atoms with van der Waals surface area (Å²) in [6.07, 6.45) is 3.65. The Labute approximate surface area is 172 Å². The summed E-state index contributed by atoms with van der Waals surface area (Å²) in [6, 6.07) is 9.42. The lowest BCUT2D eigenvalue weighted by Crippen LogP contribution is -2.56. The number of hydrogen-bond donors (Lipinski definition) is 0. The molecule has 1 aromatic rings. The maximum atomic E-state index is 12.8. The molecule has 1 saturated carbocycles. The number of carbonyl (C=O) groups is 1. The van der Waals surface area contributed by atoms with Crippen molar-refractivity contribution in [2.24, 2.45) is 5.41 Å². The second-order valence-corrected chi connectivity index (χ2v) is 9.56. The number of amides is 1. The fraction of sp³-hybridized carbons (Fsp3) is 0.652. The molecule has 6 nitrogen and oxygen atoms in total. The number of nitriles is 1. The molecular formula is C23H30N2O4. The molecule has 4 rings (SSSR count). The highest BCUT2D eigenvalue weighted by Gasteiger charge is 2.51. The van der Waals surface area contributed by atoms with E-state index in [1.807, 2.05) is 19.1 Å². The number of benzene rings is 1. The van der Waals surface area contributed by atoms with Crippen LogP contribution in [-0.2, 0) is 14.2 Å². The molecule has 0 bridgehead atoms. The Morgan fingerprint density at radius 1 is 1.03 bits per heavy atom. The van der Waals surface area contributed by atoms with Gasteiger partial charge < -0.3 is 19.1 Å². The van der Waals surface area contributed by atoms with Gasteiger partial charge in [-0.15, -0.1) is 0 Å². The van der Waals surface area contributed by atoms with Crippen LogP contribution in [0.4, 0.5) is 4.79 Å². The van der Waals surface area contributed by atoms with E-state index in [-0.39, 0.29) is 17.6 Å². The van der Waals surface area contributed by atoms with Gasteiger partial charge in [0.25, 0.3) is 0 Å². The Morgan fingerprint density at radius 3 is 2.21 bits per heavy atom. The van der Waals surface area contributed by atoms with Crippen molar-refractivity contribution < 1.29 is 19.0 Å². The van der Waals surface area contributed by atoms with Gasteiger partial charge in [0.1, 0.15) is 5.60 Å². The SMILES string of the molecule is CC(c1ccc(C#N)cc1)N1CCC2(CCC3(CC2)OCC(C)(C)CO3)OC1=O. The highest BCUT2D eigenvalue weighted by Crippen LogP contribution is 2.46. The topological polar surface area (TPSA) is 71.8 Å². The number of nitrogens with zero attached hydrogens (tertiary/aromatic N) is 2. The quantitative estimate of drug-likeness (QED) is 0.731. The first-order chi connectivity index (χ1) is 13.8. The van der Waals surface area contributed by atoms with Crippen LogP contribution in [0.25, 0.3) is 0 Å². The fourth-order valence-corrected chi connectivity index (χ4v) is 4.54. The zero-order chi connectivity index (χ0) is 20.7. The highest BCUT2D eigenvalue weighted by molar-refractivity contribution is 5.70. The van der Waals surface area contributed by atoms with Gasteiger partial charge in [0.05, 0.1) is 30.9 Å². The minimum atomic E-state index is -0.500. The van der Waals surface area contributed by atoms with Gasteiger partial charge in [0.15, 0.2) is 5.79 Å². The predicted octanol–water partition coefficient (Wildman–Crippen LogP) is 4.54. The molecule has 1 aliphatic carbocycles. The molecule has 1 amide bonds. The van der Waals surface area contributed by atoms with Gasteiger partial charge in [-0.25, -0.2) is 4.79 Å². The summed E-state index contributed by atoms with van der Waals surface area (Å²) in [7, 11) is 0. The number of rotatable bonds is 2. The van der Waals surface area contributed by atoms with Gasteiger partial charge >= 0.3 is 6.09 Å². The van der Waals surface area contributed by atoms with Crippen LogP contribution >= 0.6 is 0 Å². The van der Waals surface area contributed by atoms with E-state index < -0.39 is 11.4 Å². The molecular weight excluding hydrogens is 368 g/mol. The number of hydrogen-bond acceptors (Lipinski definition) is 5. The van der Waals surface area contributed by atoms with Crippen LogP contribution in [-0.4, -0.2) is 42.1 Å². The Bertz CT molecular complexity index is 791. The van der Waals surface area contributed by atoms with E-state index in [0.29, 0.717) is 25.3 Å². The molecule has 156 valence electrons. The monoisotopic (exact) mass is 398 g/mol. The maximum Gasteiger partial charge on any atom is 0.410 e. The van der Waals surface area contributed by atoms with Crippen LogP contribution in [0.1, 0.15) is 70.0 Å². The summed E-state index contributed by atoms with van der Waals surface area (Å²) >= 11 is 0. The third-order valence-corrected chi connectivity index (χ3v) is 6.71. The van der Waals surface area contributed by atoms with Gasteiger partial charge in [0, 0.05) is 31.2 Å².